The van der Waals surface area contributed by atoms with Crippen LogP contribution in [-0.2, 0) is 11.2 Å². The highest BCUT2D eigenvalue weighted by Crippen LogP contribution is 2.19. The number of rotatable bonds is 5. The second-order valence-corrected chi connectivity index (χ2v) is 4.49. The van der Waals surface area contributed by atoms with E-state index in [1.165, 1.54) is 19.2 Å². The summed E-state index contributed by atoms with van der Waals surface area (Å²) < 4.78 is 36.2. The molecule has 0 bridgehead atoms. The second-order valence-electron chi connectivity index (χ2n) is 4.49. The first-order chi connectivity index (χ1) is 9.67. The molecule has 0 fully saturated rings. The fourth-order valence-electron chi connectivity index (χ4n) is 1.55. The third kappa shape index (κ3) is 6.64. The minimum Gasteiger partial charge on any atom is -0.481 e. The van der Waals surface area contributed by atoms with E-state index in [9.17, 15) is 22.8 Å². The van der Waals surface area contributed by atoms with Crippen LogP contribution in [0.2, 0.25) is 0 Å². The summed E-state index contributed by atoms with van der Waals surface area (Å²) in [6, 6.07) is 5.44. The summed E-state index contributed by atoms with van der Waals surface area (Å²) in [5.74, 6) is -1.01. The molecule has 8 heteroatoms. The molecule has 0 saturated carbocycles. The summed E-state index contributed by atoms with van der Waals surface area (Å²) in [7, 11) is 1.25. The number of carboxylic acid groups (broad SMARTS) is 1. The van der Waals surface area contributed by atoms with Gasteiger partial charge in [-0.25, -0.2) is 4.79 Å². The van der Waals surface area contributed by atoms with E-state index in [0.29, 0.717) is 11.3 Å². The number of anilines is 1. The Morgan fingerprint density at radius 1 is 1.33 bits per heavy atom. The van der Waals surface area contributed by atoms with Gasteiger partial charge in [-0.15, -0.1) is 0 Å². The van der Waals surface area contributed by atoms with Gasteiger partial charge in [0.05, 0.1) is 12.8 Å². The molecule has 2 amide bonds. The lowest BCUT2D eigenvalue weighted by molar-refractivity contribution is -0.137. The third-order valence-corrected chi connectivity index (χ3v) is 2.61. The molecule has 0 saturated heterocycles. The number of carbonyl (C=O) groups is 2. The SMILES string of the molecule is CN(CCC(F)(F)F)C(=O)Nc1cccc(CC(=O)O)c1. The number of carbonyl (C=O) groups excluding carboxylic acids is 1. The van der Waals surface area contributed by atoms with Gasteiger partial charge in [-0.2, -0.15) is 13.2 Å². The Labute approximate surface area is 119 Å². The van der Waals surface area contributed by atoms with Gasteiger partial charge in [0.15, 0.2) is 0 Å². The van der Waals surface area contributed by atoms with E-state index in [0.717, 1.165) is 4.90 Å². The topological polar surface area (TPSA) is 69.6 Å². The van der Waals surface area contributed by atoms with Crippen LogP contribution in [0.1, 0.15) is 12.0 Å². The van der Waals surface area contributed by atoms with Crippen molar-refractivity contribution in [1.29, 1.82) is 0 Å². The summed E-state index contributed by atoms with van der Waals surface area (Å²) in [6.45, 7) is -0.454. The average molecular weight is 304 g/mol. The van der Waals surface area contributed by atoms with Gasteiger partial charge in [0.2, 0.25) is 0 Å². The molecule has 21 heavy (non-hydrogen) atoms. The normalized spacial score (nSPS) is 11.0. The molecule has 0 aliphatic rings. The lowest BCUT2D eigenvalue weighted by atomic mass is 10.1. The predicted octanol–water partition coefficient (Wildman–Crippen LogP) is 2.73. The van der Waals surface area contributed by atoms with Crippen LogP contribution in [0.4, 0.5) is 23.7 Å². The number of hydrogen-bond acceptors (Lipinski definition) is 2. The van der Waals surface area contributed by atoms with Crippen LogP contribution < -0.4 is 5.32 Å². The Hall–Kier alpha value is -2.25. The number of urea groups is 1. The van der Waals surface area contributed by atoms with Crippen molar-refractivity contribution in [2.24, 2.45) is 0 Å². The van der Waals surface area contributed by atoms with E-state index in [4.69, 9.17) is 5.11 Å². The molecule has 0 spiro atoms. The van der Waals surface area contributed by atoms with Crippen LogP contribution in [0.3, 0.4) is 0 Å². The van der Waals surface area contributed by atoms with E-state index in [1.807, 2.05) is 0 Å². The van der Waals surface area contributed by atoms with Crippen molar-refractivity contribution in [2.75, 3.05) is 18.9 Å². The fourth-order valence-corrected chi connectivity index (χ4v) is 1.55. The first-order valence-electron chi connectivity index (χ1n) is 6.07. The van der Waals surface area contributed by atoms with Crippen molar-refractivity contribution in [3.63, 3.8) is 0 Å². The van der Waals surface area contributed by atoms with Gasteiger partial charge in [0, 0.05) is 19.3 Å². The first kappa shape index (κ1) is 16.8. The summed E-state index contributed by atoms with van der Waals surface area (Å²) in [5.41, 5.74) is 0.816. The molecule has 0 radical (unpaired) electrons. The number of hydrogen-bond donors (Lipinski definition) is 2. The smallest absolute Gasteiger partial charge is 0.390 e. The number of halogens is 3. The monoisotopic (exact) mass is 304 g/mol. The van der Waals surface area contributed by atoms with Gasteiger partial charge in [-0.05, 0) is 17.7 Å². The van der Waals surface area contributed by atoms with Gasteiger partial charge in [0.25, 0.3) is 0 Å². The molecular formula is C13H15F3N2O3. The standard InChI is InChI=1S/C13H15F3N2O3/c1-18(6-5-13(14,15)16)12(21)17-10-4-2-3-9(7-10)8-11(19)20/h2-4,7H,5-6,8H2,1H3,(H,17,21)(H,19,20). The zero-order valence-corrected chi connectivity index (χ0v) is 11.3. The molecule has 0 aromatic heterocycles. The van der Waals surface area contributed by atoms with Crippen molar-refractivity contribution in [3.05, 3.63) is 29.8 Å². The summed E-state index contributed by atoms with van der Waals surface area (Å²) >= 11 is 0. The molecule has 5 nitrogen and oxygen atoms in total. The van der Waals surface area contributed by atoms with Crippen LogP contribution in [0.25, 0.3) is 0 Å². The predicted molar refractivity (Wildman–Crippen MR) is 70.1 cm³/mol. The molecule has 116 valence electrons. The van der Waals surface area contributed by atoms with Crippen molar-refractivity contribution in [3.8, 4) is 0 Å². The Morgan fingerprint density at radius 2 is 2.00 bits per heavy atom. The van der Waals surface area contributed by atoms with Crippen LogP contribution in [0.5, 0.6) is 0 Å². The van der Waals surface area contributed by atoms with E-state index in [2.05, 4.69) is 5.32 Å². The maximum Gasteiger partial charge on any atom is 0.390 e. The maximum atomic E-state index is 12.1. The van der Waals surface area contributed by atoms with Crippen molar-refractivity contribution in [1.82, 2.24) is 4.90 Å². The second kappa shape index (κ2) is 6.96. The lowest BCUT2D eigenvalue weighted by Crippen LogP contribution is -2.34. The molecule has 1 rings (SSSR count). The number of nitrogens with zero attached hydrogens (tertiary/aromatic N) is 1. The van der Waals surface area contributed by atoms with Gasteiger partial charge in [0.1, 0.15) is 0 Å². The number of carboxylic acids is 1. The Balaban J connectivity index is 2.59. The lowest BCUT2D eigenvalue weighted by Gasteiger charge is -2.19. The molecule has 0 heterocycles. The van der Waals surface area contributed by atoms with E-state index < -0.39 is 31.1 Å². The first-order valence-corrected chi connectivity index (χ1v) is 6.07. The summed E-state index contributed by atoms with van der Waals surface area (Å²) in [4.78, 5) is 23.2. The number of amides is 2. The Kier molecular flexibility index (Phi) is 5.57. The fraction of sp³-hybridized carbons (Fsp3) is 0.385. The molecule has 2 N–H and O–H groups in total. The van der Waals surface area contributed by atoms with Gasteiger partial charge < -0.3 is 15.3 Å². The zero-order chi connectivity index (χ0) is 16.0. The number of aliphatic carboxylic acids is 1. The highest BCUT2D eigenvalue weighted by molar-refractivity contribution is 5.89. The minimum atomic E-state index is -4.32. The Bertz CT molecular complexity index is 518. The minimum absolute atomic E-state index is 0.201. The average Bonchev–Trinajstić information content (AvgIpc) is 2.34. The molecule has 0 aliphatic carbocycles. The van der Waals surface area contributed by atoms with Crippen LogP contribution in [0, 0.1) is 0 Å². The molecular weight excluding hydrogens is 289 g/mol. The molecule has 0 atom stereocenters. The maximum absolute atomic E-state index is 12.1. The molecule has 1 aromatic rings. The highest BCUT2D eigenvalue weighted by atomic mass is 19.4. The summed E-state index contributed by atoms with van der Waals surface area (Å²) in [6.07, 6.45) is -5.61. The molecule has 1 aromatic carbocycles. The number of alkyl halides is 3. The Morgan fingerprint density at radius 3 is 2.57 bits per heavy atom. The summed E-state index contributed by atoms with van der Waals surface area (Å²) in [5, 5.41) is 11.1. The quantitative estimate of drug-likeness (QED) is 0.878. The molecule has 0 unspecified atom stereocenters. The van der Waals surface area contributed by atoms with E-state index >= 15 is 0 Å². The van der Waals surface area contributed by atoms with Gasteiger partial charge >= 0.3 is 18.2 Å². The number of nitrogens with one attached hydrogen (secondary N) is 1. The van der Waals surface area contributed by atoms with Crippen molar-refractivity contribution >= 4 is 17.7 Å². The highest BCUT2D eigenvalue weighted by Gasteiger charge is 2.28. The van der Waals surface area contributed by atoms with Gasteiger partial charge in [-0.3, -0.25) is 4.79 Å². The number of benzene rings is 1. The van der Waals surface area contributed by atoms with Crippen LogP contribution in [-0.4, -0.2) is 41.8 Å². The largest absolute Gasteiger partial charge is 0.481 e. The van der Waals surface area contributed by atoms with E-state index in [-0.39, 0.29) is 6.42 Å². The third-order valence-electron chi connectivity index (χ3n) is 2.61. The van der Waals surface area contributed by atoms with Crippen molar-refractivity contribution in [2.45, 2.75) is 19.0 Å². The van der Waals surface area contributed by atoms with Gasteiger partial charge in [-0.1, -0.05) is 12.1 Å². The van der Waals surface area contributed by atoms with Crippen molar-refractivity contribution < 1.29 is 27.9 Å². The van der Waals surface area contributed by atoms with Crippen LogP contribution >= 0.6 is 0 Å². The van der Waals surface area contributed by atoms with Crippen LogP contribution in [0.15, 0.2) is 24.3 Å². The molecule has 0 aliphatic heterocycles. The van der Waals surface area contributed by atoms with E-state index in [1.54, 1.807) is 12.1 Å². The zero-order valence-electron chi connectivity index (χ0n) is 11.3.